The van der Waals surface area contributed by atoms with Crippen LogP contribution in [0.4, 0.5) is 0 Å². The molecular formula is C13H17N. The fraction of sp³-hybridized carbons (Fsp3) is 0.385. The highest BCUT2D eigenvalue weighted by atomic mass is 14.6. The molecule has 2 N–H and O–H groups in total. The average Bonchev–Trinajstić information content (AvgIpc) is 2.23. The van der Waals surface area contributed by atoms with Crippen LogP contribution >= 0.6 is 0 Å². The number of hydrogen-bond acceptors (Lipinski definition) is 1. The molecule has 1 unspecified atom stereocenters. The SMILES string of the molecule is CC1CCC(N)=C(c2ccccc2)C1. The molecule has 0 heterocycles. The van der Waals surface area contributed by atoms with Crippen molar-refractivity contribution in [3.8, 4) is 0 Å². The lowest BCUT2D eigenvalue weighted by atomic mass is 9.85. The Balaban J connectivity index is 2.33. The molecule has 0 saturated carbocycles. The molecule has 0 spiro atoms. The van der Waals surface area contributed by atoms with Gasteiger partial charge in [0.15, 0.2) is 0 Å². The second-order valence-electron chi connectivity index (χ2n) is 4.22. The van der Waals surface area contributed by atoms with Crippen molar-refractivity contribution < 1.29 is 0 Å². The van der Waals surface area contributed by atoms with Crippen LogP contribution < -0.4 is 5.73 Å². The Bertz CT molecular complexity index is 338. The van der Waals surface area contributed by atoms with E-state index in [1.807, 2.05) is 6.07 Å². The third kappa shape index (κ3) is 1.82. The zero-order valence-corrected chi connectivity index (χ0v) is 8.66. The molecule has 0 saturated heterocycles. The third-order valence-corrected chi connectivity index (χ3v) is 2.97. The summed E-state index contributed by atoms with van der Waals surface area (Å²) in [5.41, 5.74) is 9.81. The lowest BCUT2D eigenvalue weighted by Gasteiger charge is -2.22. The Kier molecular flexibility index (Phi) is 2.58. The summed E-state index contributed by atoms with van der Waals surface area (Å²) in [5.74, 6) is 0.775. The number of benzene rings is 1. The molecule has 0 fully saturated rings. The van der Waals surface area contributed by atoms with Gasteiger partial charge < -0.3 is 5.73 Å². The summed E-state index contributed by atoms with van der Waals surface area (Å²) in [5, 5.41) is 0. The summed E-state index contributed by atoms with van der Waals surface area (Å²) < 4.78 is 0. The maximum Gasteiger partial charge on any atom is 0.0119 e. The first-order chi connectivity index (χ1) is 6.77. The van der Waals surface area contributed by atoms with E-state index in [1.165, 1.54) is 17.6 Å². The minimum absolute atomic E-state index is 0.775. The van der Waals surface area contributed by atoms with Crippen LogP contribution in [0.25, 0.3) is 5.57 Å². The van der Waals surface area contributed by atoms with E-state index in [4.69, 9.17) is 5.73 Å². The molecule has 0 bridgehead atoms. The molecule has 1 aliphatic rings. The summed E-state index contributed by atoms with van der Waals surface area (Å²) >= 11 is 0. The zero-order chi connectivity index (χ0) is 9.97. The summed E-state index contributed by atoms with van der Waals surface area (Å²) in [4.78, 5) is 0. The summed E-state index contributed by atoms with van der Waals surface area (Å²) in [6.07, 6.45) is 3.43. The molecule has 0 radical (unpaired) electrons. The van der Waals surface area contributed by atoms with Crippen LogP contribution in [0.3, 0.4) is 0 Å². The van der Waals surface area contributed by atoms with Crippen molar-refractivity contribution in [2.24, 2.45) is 11.7 Å². The first kappa shape index (κ1) is 9.32. The first-order valence-corrected chi connectivity index (χ1v) is 5.30. The molecule has 1 atom stereocenters. The van der Waals surface area contributed by atoms with E-state index in [1.54, 1.807) is 0 Å². The summed E-state index contributed by atoms with van der Waals surface area (Å²) in [7, 11) is 0. The highest BCUT2D eigenvalue weighted by Crippen LogP contribution is 2.32. The second kappa shape index (κ2) is 3.87. The van der Waals surface area contributed by atoms with Gasteiger partial charge in [-0.15, -0.1) is 0 Å². The van der Waals surface area contributed by atoms with Gasteiger partial charge in [0.1, 0.15) is 0 Å². The zero-order valence-electron chi connectivity index (χ0n) is 8.66. The summed E-state index contributed by atoms with van der Waals surface area (Å²) in [6.45, 7) is 2.30. The van der Waals surface area contributed by atoms with Crippen LogP contribution in [-0.4, -0.2) is 0 Å². The van der Waals surface area contributed by atoms with E-state index >= 15 is 0 Å². The van der Waals surface area contributed by atoms with Crippen molar-refractivity contribution in [2.75, 3.05) is 0 Å². The third-order valence-electron chi connectivity index (χ3n) is 2.97. The van der Waals surface area contributed by atoms with Crippen molar-refractivity contribution in [1.82, 2.24) is 0 Å². The van der Waals surface area contributed by atoms with Crippen molar-refractivity contribution in [3.63, 3.8) is 0 Å². The lowest BCUT2D eigenvalue weighted by molar-refractivity contribution is 0.522. The molecule has 1 aromatic carbocycles. The molecule has 74 valence electrons. The fourth-order valence-electron chi connectivity index (χ4n) is 2.08. The molecule has 2 rings (SSSR count). The fourth-order valence-corrected chi connectivity index (χ4v) is 2.08. The van der Waals surface area contributed by atoms with E-state index in [0.717, 1.165) is 24.5 Å². The van der Waals surface area contributed by atoms with Gasteiger partial charge >= 0.3 is 0 Å². The van der Waals surface area contributed by atoms with E-state index in [-0.39, 0.29) is 0 Å². The van der Waals surface area contributed by atoms with Gasteiger partial charge in [0.2, 0.25) is 0 Å². The molecule has 14 heavy (non-hydrogen) atoms. The van der Waals surface area contributed by atoms with Crippen LogP contribution in [0, 0.1) is 5.92 Å². The maximum absolute atomic E-state index is 6.05. The smallest absolute Gasteiger partial charge is 0.0119 e. The van der Waals surface area contributed by atoms with Gasteiger partial charge in [-0.3, -0.25) is 0 Å². The molecule has 0 aromatic heterocycles. The van der Waals surface area contributed by atoms with E-state index in [0.29, 0.717) is 0 Å². The van der Waals surface area contributed by atoms with Crippen LogP contribution in [0.2, 0.25) is 0 Å². The van der Waals surface area contributed by atoms with Crippen LogP contribution in [0.15, 0.2) is 36.0 Å². The second-order valence-corrected chi connectivity index (χ2v) is 4.22. The van der Waals surface area contributed by atoms with Crippen molar-refractivity contribution in [2.45, 2.75) is 26.2 Å². The van der Waals surface area contributed by atoms with Gasteiger partial charge in [-0.05, 0) is 36.3 Å². The van der Waals surface area contributed by atoms with Crippen LogP contribution in [0.5, 0.6) is 0 Å². The quantitative estimate of drug-likeness (QED) is 0.718. The standard InChI is InChI=1S/C13H17N/c1-10-7-8-13(14)12(9-10)11-5-3-2-4-6-11/h2-6,10H,7-9,14H2,1H3. The molecule has 1 nitrogen and oxygen atoms in total. The highest BCUT2D eigenvalue weighted by Gasteiger charge is 2.16. The number of rotatable bonds is 1. The minimum atomic E-state index is 0.775. The summed E-state index contributed by atoms with van der Waals surface area (Å²) in [6, 6.07) is 10.5. The van der Waals surface area contributed by atoms with Gasteiger partial charge in [0, 0.05) is 5.70 Å². The topological polar surface area (TPSA) is 26.0 Å². The average molecular weight is 187 g/mol. The van der Waals surface area contributed by atoms with Crippen LogP contribution in [0.1, 0.15) is 31.7 Å². The van der Waals surface area contributed by atoms with Gasteiger partial charge in [0.05, 0.1) is 0 Å². The van der Waals surface area contributed by atoms with Gasteiger partial charge in [-0.2, -0.15) is 0 Å². The van der Waals surface area contributed by atoms with Crippen molar-refractivity contribution in [3.05, 3.63) is 41.6 Å². The van der Waals surface area contributed by atoms with E-state index in [2.05, 4.69) is 31.2 Å². The lowest BCUT2D eigenvalue weighted by Crippen LogP contribution is -2.12. The predicted molar refractivity (Wildman–Crippen MR) is 60.6 cm³/mol. The van der Waals surface area contributed by atoms with Gasteiger partial charge in [-0.25, -0.2) is 0 Å². The van der Waals surface area contributed by atoms with E-state index in [9.17, 15) is 0 Å². The van der Waals surface area contributed by atoms with Crippen molar-refractivity contribution in [1.29, 1.82) is 0 Å². The van der Waals surface area contributed by atoms with Crippen molar-refractivity contribution >= 4 is 5.57 Å². The first-order valence-electron chi connectivity index (χ1n) is 5.30. The molecule has 0 aliphatic heterocycles. The monoisotopic (exact) mass is 187 g/mol. The Hall–Kier alpha value is -1.24. The number of allylic oxidation sites excluding steroid dienone is 2. The number of hydrogen-bond donors (Lipinski definition) is 1. The number of nitrogens with two attached hydrogens (primary N) is 1. The van der Waals surface area contributed by atoms with Gasteiger partial charge in [0.25, 0.3) is 0 Å². The maximum atomic E-state index is 6.05. The highest BCUT2D eigenvalue weighted by molar-refractivity contribution is 5.68. The molecular weight excluding hydrogens is 170 g/mol. The molecule has 0 amide bonds. The Morgan fingerprint density at radius 1 is 1.21 bits per heavy atom. The van der Waals surface area contributed by atoms with Crippen LogP contribution in [-0.2, 0) is 0 Å². The Labute approximate surface area is 85.6 Å². The normalized spacial score (nSPS) is 22.5. The minimum Gasteiger partial charge on any atom is -0.402 e. The van der Waals surface area contributed by atoms with E-state index < -0.39 is 0 Å². The Morgan fingerprint density at radius 2 is 1.93 bits per heavy atom. The largest absolute Gasteiger partial charge is 0.402 e. The molecule has 1 heteroatoms. The predicted octanol–water partition coefficient (Wildman–Crippen LogP) is 3.18. The molecule has 1 aromatic rings. The Morgan fingerprint density at radius 3 is 2.64 bits per heavy atom. The molecule has 1 aliphatic carbocycles. The van der Waals surface area contributed by atoms with Gasteiger partial charge in [-0.1, -0.05) is 37.3 Å².